The van der Waals surface area contributed by atoms with Gasteiger partial charge in [-0.1, -0.05) is 11.8 Å². The maximum atomic E-state index is 13.0. The van der Waals surface area contributed by atoms with Crippen LogP contribution in [0.4, 0.5) is 18.0 Å². The second-order valence-electron chi connectivity index (χ2n) is 8.75. The van der Waals surface area contributed by atoms with Crippen molar-refractivity contribution in [1.82, 2.24) is 20.1 Å². The summed E-state index contributed by atoms with van der Waals surface area (Å²) in [6.45, 7) is 8.36. The van der Waals surface area contributed by atoms with Crippen molar-refractivity contribution >= 4 is 17.9 Å². The van der Waals surface area contributed by atoms with E-state index in [1.54, 1.807) is 11.8 Å². The molecule has 180 valence electrons. The van der Waals surface area contributed by atoms with E-state index in [1.807, 2.05) is 20.8 Å². The lowest BCUT2D eigenvalue weighted by Crippen LogP contribution is -2.43. The average molecular weight is 485 g/mol. The van der Waals surface area contributed by atoms with Crippen molar-refractivity contribution in [3.05, 3.63) is 29.5 Å². The van der Waals surface area contributed by atoms with Gasteiger partial charge < -0.3 is 14.4 Å². The van der Waals surface area contributed by atoms with Gasteiger partial charge in [0.15, 0.2) is 0 Å². The number of rotatable bonds is 4. The quantitative estimate of drug-likeness (QED) is 0.578. The number of piperidine rings is 1. The summed E-state index contributed by atoms with van der Waals surface area (Å²) < 4.78 is 49.7. The summed E-state index contributed by atoms with van der Waals surface area (Å²) in [5, 5.41) is 8.92. The van der Waals surface area contributed by atoms with Crippen LogP contribution in [-0.2, 0) is 10.9 Å². The summed E-state index contributed by atoms with van der Waals surface area (Å²) in [5.74, 6) is 0.0460. The Morgan fingerprint density at radius 2 is 1.94 bits per heavy atom. The number of hydrogen-bond donors (Lipinski definition) is 0. The van der Waals surface area contributed by atoms with Crippen LogP contribution in [0, 0.1) is 6.92 Å². The van der Waals surface area contributed by atoms with Crippen molar-refractivity contribution in [3.63, 3.8) is 0 Å². The molecule has 0 bridgehead atoms. The Labute approximate surface area is 195 Å². The SMILES string of the molecule is COc1cc(C(F)(F)F)ccc1-c1nnc(S[C@@H]2CCCN(C(=O)OC(C)(C)C)C2)nc1C. The number of aromatic nitrogens is 3. The van der Waals surface area contributed by atoms with Gasteiger partial charge in [-0.3, -0.25) is 0 Å². The Hall–Kier alpha value is -2.56. The fraction of sp³-hybridized carbons (Fsp3) is 0.545. The van der Waals surface area contributed by atoms with Crippen LogP contribution in [-0.4, -0.2) is 57.2 Å². The van der Waals surface area contributed by atoms with Crippen LogP contribution in [0.15, 0.2) is 23.4 Å². The number of benzene rings is 1. The molecule has 0 unspecified atom stereocenters. The predicted molar refractivity (Wildman–Crippen MR) is 118 cm³/mol. The Bertz CT molecular complexity index is 1010. The molecule has 33 heavy (non-hydrogen) atoms. The van der Waals surface area contributed by atoms with Crippen LogP contribution < -0.4 is 4.74 Å². The highest BCUT2D eigenvalue weighted by atomic mass is 32.2. The van der Waals surface area contributed by atoms with E-state index in [-0.39, 0.29) is 17.1 Å². The molecule has 0 radical (unpaired) electrons. The summed E-state index contributed by atoms with van der Waals surface area (Å²) in [6.07, 6.45) is -3.09. The van der Waals surface area contributed by atoms with Crippen LogP contribution >= 0.6 is 11.8 Å². The fourth-order valence-corrected chi connectivity index (χ4v) is 4.54. The average Bonchev–Trinajstić information content (AvgIpc) is 2.72. The lowest BCUT2D eigenvalue weighted by atomic mass is 10.1. The summed E-state index contributed by atoms with van der Waals surface area (Å²) in [6, 6.07) is 3.23. The summed E-state index contributed by atoms with van der Waals surface area (Å²) in [7, 11) is 1.30. The van der Waals surface area contributed by atoms with Crippen LogP contribution in [0.5, 0.6) is 5.75 Å². The molecular formula is C22H27F3N4O3S. The van der Waals surface area contributed by atoms with Gasteiger partial charge in [-0.25, -0.2) is 9.78 Å². The second-order valence-corrected chi connectivity index (χ2v) is 10.0. The number of amides is 1. The molecule has 0 aliphatic carbocycles. The highest BCUT2D eigenvalue weighted by Gasteiger charge is 2.32. The van der Waals surface area contributed by atoms with E-state index >= 15 is 0 Å². The maximum absolute atomic E-state index is 13.0. The lowest BCUT2D eigenvalue weighted by molar-refractivity contribution is -0.137. The molecule has 3 rings (SSSR count). The second kappa shape index (κ2) is 9.74. The number of likely N-dealkylation sites (tertiary alicyclic amines) is 1. The van der Waals surface area contributed by atoms with Crippen molar-refractivity contribution in [2.45, 2.75) is 62.7 Å². The van der Waals surface area contributed by atoms with E-state index < -0.39 is 17.3 Å². The zero-order chi connectivity index (χ0) is 24.4. The third-order valence-electron chi connectivity index (χ3n) is 4.93. The molecule has 1 aromatic heterocycles. The first-order valence-electron chi connectivity index (χ1n) is 10.5. The molecule has 1 atom stereocenters. The smallest absolute Gasteiger partial charge is 0.416 e. The molecule has 2 heterocycles. The van der Waals surface area contributed by atoms with Gasteiger partial charge >= 0.3 is 12.3 Å². The number of thioether (sulfide) groups is 1. The number of aryl methyl sites for hydroxylation is 1. The van der Waals surface area contributed by atoms with Crippen LogP contribution in [0.1, 0.15) is 44.9 Å². The highest BCUT2D eigenvalue weighted by Crippen LogP contribution is 2.37. The Morgan fingerprint density at radius 3 is 2.55 bits per heavy atom. The van der Waals surface area contributed by atoms with Crippen molar-refractivity contribution in [3.8, 4) is 17.0 Å². The van der Waals surface area contributed by atoms with Crippen LogP contribution in [0.25, 0.3) is 11.3 Å². The predicted octanol–water partition coefficient (Wildman–Crippen LogP) is 5.37. The highest BCUT2D eigenvalue weighted by molar-refractivity contribution is 7.99. The molecule has 1 fully saturated rings. The zero-order valence-corrected chi connectivity index (χ0v) is 20.0. The summed E-state index contributed by atoms with van der Waals surface area (Å²) in [4.78, 5) is 18.6. The number of ether oxygens (including phenoxy) is 2. The molecule has 0 saturated carbocycles. The fourth-order valence-electron chi connectivity index (χ4n) is 3.42. The number of halogens is 3. The number of hydrogen-bond acceptors (Lipinski definition) is 7. The van der Waals surface area contributed by atoms with E-state index in [1.165, 1.54) is 24.9 Å². The molecule has 11 heteroatoms. The van der Waals surface area contributed by atoms with Crippen LogP contribution in [0.2, 0.25) is 0 Å². The molecular weight excluding hydrogens is 457 g/mol. The van der Waals surface area contributed by atoms with E-state index in [0.29, 0.717) is 35.2 Å². The molecule has 1 aliphatic rings. The minimum atomic E-state index is -4.47. The van der Waals surface area contributed by atoms with Gasteiger partial charge in [-0.2, -0.15) is 13.2 Å². The van der Waals surface area contributed by atoms with Crippen molar-refractivity contribution in [2.75, 3.05) is 20.2 Å². The summed E-state index contributed by atoms with van der Waals surface area (Å²) in [5.41, 5.74) is -0.112. The number of carbonyl (C=O) groups excluding carboxylic acids is 1. The molecule has 1 saturated heterocycles. The van der Waals surface area contributed by atoms with E-state index in [2.05, 4.69) is 15.2 Å². The Balaban J connectivity index is 1.74. The first-order chi connectivity index (χ1) is 15.4. The topological polar surface area (TPSA) is 77.4 Å². The van der Waals surface area contributed by atoms with Gasteiger partial charge in [0.1, 0.15) is 17.0 Å². The van der Waals surface area contributed by atoms with Gasteiger partial charge in [0.05, 0.1) is 18.4 Å². The van der Waals surface area contributed by atoms with Gasteiger partial charge in [0.25, 0.3) is 0 Å². The van der Waals surface area contributed by atoms with E-state index in [0.717, 1.165) is 25.0 Å². The maximum Gasteiger partial charge on any atom is 0.416 e. The Morgan fingerprint density at radius 1 is 1.21 bits per heavy atom. The van der Waals surface area contributed by atoms with Gasteiger partial charge in [0.2, 0.25) is 5.16 Å². The van der Waals surface area contributed by atoms with Crippen molar-refractivity contribution in [2.24, 2.45) is 0 Å². The van der Waals surface area contributed by atoms with Crippen molar-refractivity contribution in [1.29, 1.82) is 0 Å². The van der Waals surface area contributed by atoms with Gasteiger partial charge in [-0.05, 0) is 58.7 Å². The number of nitrogens with zero attached hydrogens (tertiary/aromatic N) is 4. The third kappa shape index (κ3) is 6.49. The minimum absolute atomic E-state index is 0.0460. The standard InChI is InChI=1S/C22H27F3N4O3S/c1-13-18(16-9-8-14(22(23,24)25)11-17(16)31-5)27-28-19(26-13)33-15-7-6-10-29(12-15)20(30)32-21(2,3)4/h8-9,11,15H,6-7,10,12H2,1-5H3/t15-/m1/s1. The number of methoxy groups -OCH3 is 1. The molecule has 2 aromatic rings. The van der Waals surface area contributed by atoms with Gasteiger partial charge in [0, 0.05) is 23.9 Å². The molecule has 1 aromatic carbocycles. The van der Waals surface area contributed by atoms with E-state index in [4.69, 9.17) is 9.47 Å². The third-order valence-corrected chi connectivity index (χ3v) is 6.03. The summed E-state index contributed by atoms with van der Waals surface area (Å²) >= 11 is 1.42. The molecule has 0 N–H and O–H groups in total. The van der Waals surface area contributed by atoms with Crippen LogP contribution in [0.3, 0.4) is 0 Å². The number of alkyl halides is 3. The van der Waals surface area contributed by atoms with Crippen molar-refractivity contribution < 1.29 is 27.4 Å². The van der Waals surface area contributed by atoms with E-state index in [9.17, 15) is 18.0 Å². The lowest BCUT2D eigenvalue weighted by Gasteiger charge is -2.33. The Kier molecular flexibility index (Phi) is 7.40. The van der Waals surface area contributed by atoms with Gasteiger partial charge in [-0.15, -0.1) is 10.2 Å². The minimum Gasteiger partial charge on any atom is -0.496 e. The largest absolute Gasteiger partial charge is 0.496 e. The molecule has 1 aliphatic heterocycles. The monoisotopic (exact) mass is 484 g/mol. The number of carbonyl (C=O) groups is 1. The molecule has 1 amide bonds. The molecule has 7 nitrogen and oxygen atoms in total. The first kappa shape index (κ1) is 25.1. The zero-order valence-electron chi connectivity index (χ0n) is 19.2. The normalized spacial score (nSPS) is 17.1. The molecule has 0 spiro atoms. The first-order valence-corrected chi connectivity index (χ1v) is 11.4.